The van der Waals surface area contributed by atoms with Crippen molar-refractivity contribution in [3.63, 3.8) is 0 Å². The van der Waals surface area contributed by atoms with Crippen LogP contribution in [0.25, 0.3) is 0 Å². The second-order valence-corrected chi connectivity index (χ2v) is 2.50. The summed E-state index contributed by atoms with van der Waals surface area (Å²) in [4.78, 5) is 24.3. The van der Waals surface area contributed by atoms with Crippen LogP contribution in [-0.2, 0) is 14.3 Å². The van der Waals surface area contributed by atoms with Gasteiger partial charge in [-0.05, 0) is 20.8 Å². The molecule has 0 aliphatic heterocycles. The van der Waals surface area contributed by atoms with Crippen molar-refractivity contribution in [1.82, 2.24) is 0 Å². The van der Waals surface area contributed by atoms with Crippen molar-refractivity contribution in [3.05, 3.63) is 0 Å². The van der Waals surface area contributed by atoms with Crippen LogP contribution in [0.15, 0.2) is 4.99 Å². The summed E-state index contributed by atoms with van der Waals surface area (Å²) < 4.78 is 4.74. The molecule has 0 aliphatic carbocycles. The molecule has 4 heteroatoms. The lowest BCUT2D eigenvalue weighted by Gasteiger charge is -2.12. The van der Waals surface area contributed by atoms with E-state index in [-0.39, 0.29) is 17.9 Å². The fourth-order valence-electron chi connectivity index (χ4n) is 0.666. The van der Waals surface area contributed by atoms with Gasteiger partial charge in [0.25, 0.3) is 0 Å². The Morgan fingerprint density at radius 1 is 1.58 bits per heavy atom. The highest BCUT2D eigenvalue weighted by Gasteiger charge is 2.20. The first kappa shape index (κ1) is 10.8. The molecule has 0 fully saturated rings. The van der Waals surface area contributed by atoms with E-state index in [9.17, 15) is 9.59 Å². The third-order valence-electron chi connectivity index (χ3n) is 1.64. The summed E-state index contributed by atoms with van der Waals surface area (Å²) in [6.07, 6.45) is 1.41. The molecule has 0 amide bonds. The first-order chi connectivity index (χ1) is 5.63. The largest absolute Gasteiger partial charge is 0.466 e. The van der Waals surface area contributed by atoms with Crippen LogP contribution in [0.4, 0.5) is 0 Å². The van der Waals surface area contributed by atoms with Gasteiger partial charge in [0.1, 0.15) is 0 Å². The monoisotopic (exact) mass is 171 g/mol. The molecule has 4 nitrogen and oxygen atoms in total. The van der Waals surface area contributed by atoms with Crippen LogP contribution in [0.3, 0.4) is 0 Å². The summed E-state index contributed by atoms with van der Waals surface area (Å²) in [6.45, 7) is 5.43. The molecular formula is C8H13NO3. The first-order valence-electron chi connectivity index (χ1n) is 3.87. The molecule has 0 aromatic rings. The second kappa shape index (κ2) is 5.49. The Bertz CT molecular complexity index is 196. The first-order valence-corrected chi connectivity index (χ1v) is 3.87. The second-order valence-electron chi connectivity index (χ2n) is 2.50. The molecule has 12 heavy (non-hydrogen) atoms. The topological polar surface area (TPSA) is 55.7 Å². The van der Waals surface area contributed by atoms with E-state index in [1.807, 2.05) is 0 Å². The molecule has 68 valence electrons. The summed E-state index contributed by atoms with van der Waals surface area (Å²) in [6, 6.07) is -0.360. The Hall–Kier alpha value is -1.15. The van der Waals surface area contributed by atoms with Gasteiger partial charge in [0.15, 0.2) is 0 Å². The van der Waals surface area contributed by atoms with E-state index in [2.05, 4.69) is 4.99 Å². The Kier molecular flexibility index (Phi) is 4.97. The molecule has 0 bridgehead atoms. The third kappa shape index (κ3) is 3.30. The zero-order chi connectivity index (χ0) is 9.56. The number of rotatable bonds is 4. The number of carbonyl (C=O) groups is 1. The van der Waals surface area contributed by atoms with E-state index in [1.54, 1.807) is 20.8 Å². The maximum Gasteiger partial charge on any atom is 0.310 e. The predicted octanol–water partition coefficient (Wildman–Crippen LogP) is 0.910. The van der Waals surface area contributed by atoms with Crippen LogP contribution >= 0.6 is 0 Å². The van der Waals surface area contributed by atoms with Crippen molar-refractivity contribution >= 4 is 12.0 Å². The number of ether oxygens (including phenoxy) is 1. The van der Waals surface area contributed by atoms with Gasteiger partial charge < -0.3 is 4.74 Å². The quantitative estimate of drug-likeness (QED) is 0.359. The van der Waals surface area contributed by atoms with Crippen molar-refractivity contribution in [2.24, 2.45) is 10.9 Å². The minimum absolute atomic E-state index is 0.330. The maximum atomic E-state index is 11.0. The van der Waals surface area contributed by atoms with Crippen LogP contribution in [0.5, 0.6) is 0 Å². The molecule has 0 N–H and O–H groups in total. The molecule has 0 saturated heterocycles. The average molecular weight is 171 g/mol. The van der Waals surface area contributed by atoms with E-state index in [0.29, 0.717) is 6.61 Å². The Balaban J connectivity index is 4.08. The molecular weight excluding hydrogens is 158 g/mol. The van der Waals surface area contributed by atoms with Gasteiger partial charge in [0.05, 0.1) is 18.6 Å². The number of hydrogen-bond donors (Lipinski definition) is 0. The summed E-state index contributed by atoms with van der Waals surface area (Å²) in [5, 5.41) is 0. The van der Waals surface area contributed by atoms with Gasteiger partial charge >= 0.3 is 5.97 Å². The number of hydrogen-bond acceptors (Lipinski definition) is 4. The molecule has 0 radical (unpaired) electrons. The number of nitrogens with zero attached hydrogens (tertiary/aromatic N) is 1. The zero-order valence-corrected chi connectivity index (χ0v) is 7.53. The van der Waals surface area contributed by atoms with Gasteiger partial charge in [0, 0.05) is 0 Å². The standard InChI is InChI=1S/C8H13NO3/c1-4-12-8(11)6(2)7(3)9-5-10/h6-7H,4H2,1-3H3. The number of carbonyl (C=O) groups excluding carboxylic acids is 2. The van der Waals surface area contributed by atoms with Crippen LogP contribution in [0.2, 0.25) is 0 Å². The number of esters is 1. The van der Waals surface area contributed by atoms with Gasteiger partial charge in [-0.25, -0.2) is 9.79 Å². The minimum Gasteiger partial charge on any atom is -0.466 e. The van der Waals surface area contributed by atoms with Gasteiger partial charge in [-0.3, -0.25) is 4.79 Å². The molecule has 0 rings (SSSR count). The highest BCUT2D eigenvalue weighted by molar-refractivity contribution is 5.72. The smallest absolute Gasteiger partial charge is 0.310 e. The van der Waals surface area contributed by atoms with Crippen molar-refractivity contribution in [2.75, 3.05) is 6.61 Å². The Morgan fingerprint density at radius 3 is 2.58 bits per heavy atom. The van der Waals surface area contributed by atoms with E-state index in [1.165, 1.54) is 6.08 Å². The summed E-state index contributed by atoms with van der Waals surface area (Å²) in [7, 11) is 0. The average Bonchev–Trinajstić information content (AvgIpc) is 2.04. The Labute approximate surface area is 71.6 Å². The Morgan fingerprint density at radius 2 is 2.17 bits per heavy atom. The fraction of sp³-hybridized carbons (Fsp3) is 0.750. The van der Waals surface area contributed by atoms with Gasteiger partial charge in [-0.15, -0.1) is 0 Å². The van der Waals surface area contributed by atoms with Crippen molar-refractivity contribution in [1.29, 1.82) is 0 Å². The molecule has 0 aromatic carbocycles. The van der Waals surface area contributed by atoms with Crippen molar-refractivity contribution in [2.45, 2.75) is 26.8 Å². The minimum atomic E-state index is -0.383. The van der Waals surface area contributed by atoms with Crippen LogP contribution in [0, 0.1) is 5.92 Å². The van der Waals surface area contributed by atoms with Gasteiger partial charge in [0.2, 0.25) is 6.08 Å². The number of aliphatic imine (C=N–C) groups is 1. The molecule has 2 atom stereocenters. The van der Waals surface area contributed by atoms with Crippen molar-refractivity contribution < 1.29 is 14.3 Å². The molecule has 0 heterocycles. The normalized spacial score (nSPS) is 14.2. The van der Waals surface area contributed by atoms with Crippen LogP contribution in [-0.4, -0.2) is 24.7 Å². The van der Waals surface area contributed by atoms with Gasteiger partial charge in [-0.1, -0.05) is 0 Å². The molecule has 2 unspecified atom stereocenters. The third-order valence-corrected chi connectivity index (χ3v) is 1.64. The highest BCUT2D eigenvalue weighted by Crippen LogP contribution is 2.07. The molecule has 0 saturated carbocycles. The molecule has 0 aliphatic rings. The van der Waals surface area contributed by atoms with E-state index in [4.69, 9.17) is 4.74 Å². The fourth-order valence-corrected chi connectivity index (χ4v) is 0.666. The molecule has 0 spiro atoms. The lowest BCUT2D eigenvalue weighted by Crippen LogP contribution is -2.23. The van der Waals surface area contributed by atoms with Crippen LogP contribution in [0.1, 0.15) is 20.8 Å². The lowest BCUT2D eigenvalue weighted by atomic mass is 10.1. The number of isocyanates is 1. The van der Waals surface area contributed by atoms with E-state index < -0.39 is 0 Å². The highest BCUT2D eigenvalue weighted by atomic mass is 16.5. The van der Waals surface area contributed by atoms with Gasteiger partial charge in [-0.2, -0.15) is 0 Å². The zero-order valence-electron chi connectivity index (χ0n) is 7.53. The summed E-state index contributed by atoms with van der Waals surface area (Å²) in [5.41, 5.74) is 0. The maximum absolute atomic E-state index is 11.0. The predicted molar refractivity (Wildman–Crippen MR) is 43.4 cm³/mol. The van der Waals surface area contributed by atoms with Crippen LogP contribution < -0.4 is 0 Å². The summed E-state index contributed by atoms with van der Waals surface area (Å²) >= 11 is 0. The SMILES string of the molecule is CCOC(=O)C(C)C(C)N=C=O. The molecule has 0 aromatic heterocycles. The lowest BCUT2D eigenvalue weighted by molar-refractivity contribution is -0.147. The summed E-state index contributed by atoms with van der Waals surface area (Å²) in [5.74, 6) is -0.713. The van der Waals surface area contributed by atoms with E-state index >= 15 is 0 Å². The van der Waals surface area contributed by atoms with E-state index in [0.717, 1.165) is 0 Å². The van der Waals surface area contributed by atoms with Crippen molar-refractivity contribution in [3.8, 4) is 0 Å².